The highest BCUT2D eigenvalue weighted by molar-refractivity contribution is 7.47. The summed E-state index contributed by atoms with van der Waals surface area (Å²) in [4.78, 5) is 32.8. The number of unbranched alkanes of at least 4 members (excludes halogenated alkanes) is 9. The van der Waals surface area contributed by atoms with Gasteiger partial charge in [0.1, 0.15) is 6.61 Å². The molecule has 0 amide bonds. The van der Waals surface area contributed by atoms with Gasteiger partial charge in [0.25, 0.3) is 0 Å². The summed E-state index contributed by atoms with van der Waals surface area (Å²) < 4.78 is 31.4. The quantitative estimate of drug-likeness (QED) is 0.0501. The summed E-state index contributed by atoms with van der Waals surface area (Å²) in [6.07, 6.45) is 26.8. The Kier molecular flexibility index (Phi) is 25.3. The minimum Gasteiger partial charge on any atom is -0.462 e. The molecule has 0 saturated carbocycles. The smallest absolute Gasteiger partial charge is 0.462 e. The van der Waals surface area contributed by atoms with Crippen LogP contribution in [0.5, 0.6) is 0 Å². The van der Waals surface area contributed by atoms with Gasteiger partial charge in [-0.25, -0.2) is 4.57 Å². The van der Waals surface area contributed by atoms with Crippen LogP contribution in [0.3, 0.4) is 0 Å². The Labute approximate surface area is 235 Å². The summed E-state index contributed by atoms with van der Waals surface area (Å²) >= 11 is 0. The second-order valence-electron chi connectivity index (χ2n) is 9.34. The number of hydrogen-bond donors (Lipinski definition) is 2. The van der Waals surface area contributed by atoms with Crippen molar-refractivity contribution in [2.24, 2.45) is 5.73 Å². The first-order chi connectivity index (χ1) is 18.8. The fourth-order valence-corrected chi connectivity index (χ4v) is 4.25. The summed E-state index contributed by atoms with van der Waals surface area (Å²) in [7, 11) is -4.33. The second kappa shape index (κ2) is 26.5. The Morgan fingerprint density at radius 1 is 0.821 bits per heavy atom. The molecule has 2 atom stereocenters. The molecule has 10 heteroatoms. The topological polar surface area (TPSA) is 134 Å². The molecule has 0 aromatic heterocycles. The maximum atomic E-state index is 12.2. The summed E-state index contributed by atoms with van der Waals surface area (Å²) in [6, 6.07) is 0. The van der Waals surface area contributed by atoms with Crippen LogP contribution in [0.2, 0.25) is 0 Å². The summed E-state index contributed by atoms with van der Waals surface area (Å²) in [5.74, 6) is -1.04. The minimum absolute atomic E-state index is 0.0480. The van der Waals surface area contributed by atoms with Gasteiger partial charge in [-0.3, -0.25) is 18.6 Å². The number of allylic oxidation sites excluding steroid dienone is 6. The van der Waals surface area contributed by atoms with E-state index in [1.54, 1.807) is 0 Å². The molecule has 0 aliphatic heterocycles. The average molecular weight is 574 g/mol. The van der Waals surface area contributed by atoms with Crippen LogP contribution in [0.25, 0.3) is 0 Å². The number of carbonyl (C=O) groups excluding carboxylic acids is 2. The van der Waals surface area contributed by atoms with Crippen molar-refractivity contribution in [2.75, 3.05) is 26.4 Å². The van der Waals surface area contributed by atoms with Crippen LogP contribution >= 0.6 is 7.82 Å². The van der Waals surface area contributed by atoms with Crippen molar-refractivity contribution in [1.82, 2.24) is 0 Å². The van der Waals surface area contributed by atoms with Crippen molar-refractivity contribution in [2.45, 2.75) is 110 Å². The zero-order valence-corrected chi connectivity index (χ0v) is 25.0. The highest BCUT2D eigenvalue weighted by atomic mass is 31.2. The number of phosphoric ester groups is 1. The lowest BCUT2D eigenvalue weighted by molar-refractivity contribution is -0.160. The fraction of sp³-hybridized carbons (Fsp3) is 0.724. The van der Waals surface area contributed by atoms with Crippen LogP contribution in [-0.2, 0) is 32.7 Å². The maximum Gasteiger partial charge on any atom is 0.472 e. The molecule has 0 aliphatic rings. The van der Waals surface area contributed by atoms with Crippen molar-refractivity contribution in [3.63, 3.8) is 0 Å². The first kappa shape index (κ1) is 37.2. The highest BCUT2D eigenvalue weighted by Gasteiger charge is 2.25. The lowest BCUT2D eigenvalue weighted by Gasteiger charge is -2.19. The van der Waals surface area contributed by atoms with E-state index in [9.17, 15) is 19.0 Å². The van der Waals surface area contributed by atoms with E-state index in [1.165, 1.54) is 32.6 Å². The van der Waals surface area contributed by atoms with Gasteiger partial charge in [0.05, 0.1) is 13.2 Å². The number of ether oxygens (including phenoxy) is 2. The molecule has 0 aromatic rings. The van der Waals surface area contributed by atoms with Gasteiger partial charge >= 0.3 is 19.8 Å². The van der Waals surface area contributed by atoms with Gasteiger partial charge in [0.15, 0.2) is 6.10 Å². The van der Waals surface area contributed by atoms with Gasteiger partial charge in [0.2, 0.25) is 0 Å². The molecule has 9 nitrogen and oxygen atoms in total. The molecule has 3 N–H and O–H groups in total. The Morgan fingerprint density at radius 2 is 1.38 bits per heavy atom. The van der Waals surface area contributed by atoms with E-state index in [0.717, 1.165) is 51.4 Å². The van der Waals surface area contributed by atoms with E-state index in [2.05, 4.69) is 47.9 Å². The van der Waals surface area contributed by atoms with Gasteiger partial charge in [-0.1, -0.05) is 81.9 Å². The minimum atomic E-state index is -4.33. The predicted molar refractivity (Wildman–Crippen MR) is 155 cm³/mol. The average Bonchev–Trinajstić information content (AvgIpc) is 2.90. The molecule has 39 heavy (non-hydrogen) atoms. The van der Waals surface area contributed by atoms with Crippen LogP contribution in [0.15, 0.2) is 36.5 Å². The molecule has 226 valence electrons. The largest absolute Gasteiger partial charge is 0.472 e. The van der Waals surface area contributed by atoms with E-state index in [1.807, 2.05) is 0 Å². The van der Waals surface area contributed by atoms with E-state index in [-0.39, 0.29) is 26.2 Å². The van der Waals surface area contributed by atoms with E-state index in [0.29, 0.717) is 6.42 Å². The van der Waals surface area contributed by atoms with Gasteiger partial charge in [-0.2, -0.15) is 0 Å². The summed E-state index contributed by atoms with van der Waals surface area (Å²) in [6.45, 7) is 2.60. The van der Waals surface area contributed by atoms with Crippen molar-refractivity contribution in [3.8, 4) is 0 Å². The number of nitrogens with two attached hydrogens (primary N) is 1. The zero-order chi connectivity index (χ0) is 29.0. The third-order valence-electron chi connectivity index (χ3n) is 5.59. The lowest BCUT2D eigenvalue weighted by atomic mass is 10.1. The molecule has 0 radical (unpaired) electrons. The maximum absolute atomic E-state index is 12.2. The Hall–Kier alpha value is -1.77. The van der Waals surface area contributed by atoms with Crippen LogP contribution < -0.4 is 5.73 Å². The summed E-state index contributed by atoms with van der Waals surface area (Å²) in [5, 5.41) is 0. The zero-order valence-electron chi connectivity index (χ0n) is 24.1. The molecular formula is C29H52NO8P. The van der Waals surface area contributed by atoms with E-state index in [4.69, 9.17) is 19.7 Å². The molecule has 0 aromatic carbocycles. The third kappa shape index (κ3) is 27.6. The van der Waals surface area contributed by atoms with Crippen molar-refractivity contribution >= 4 is 19.8 Å². The normalized spacial score (nSPS) is 14.3. The van der Waals surface area contributed by atoms with E-state index < -0.39 is 32.5 Å². The fourth-order valence-electron chi connectivity index (χ4n) is 3.48. The van der Waals surface area contributed by atoms with Crippen molar-refractivity contribution in [1.29, 1.82) is 0 Å². The molecule has 2 unspecified atom stereocenters. The molecule has 0 fully saturated rings. The molecule has 0 rings (SSSR count). The number of rotatable bonds is 26. The molecule has 0 bridgehead atoms. The lowest BCUT2D eigenvalue weighted by Crippen LogP contribution is -2.29. The monoisotopic (exact) mass is 573 g/mol. The van der Waals surface area contributed by atoms with Crippen LogP contribution in [0, 0.1) is 0 Å². The van der Waals surface area contributed by atoms with Crippen LogP contribution in [-0.4, -0.2) is 49.3 Å². The predicted octanol–water partition coefficient (Wildman–Crippen LogP) is 6.70. The van der Waals surface area contributed by atoms with Gasteiger partial charge in [0, 0.05) is 19.9 Å². The Balaban J connectivity index is 3.89. The Morgan fingerprint density at radius 3 is 1.97 bits per heavy atom. The Bertz CT molecular complexity index is 754. The van der Waals surface area contributed by atoms with Crippen LogP contribution in [0.1, 0.15) is 104 Å². The van der Waals surface area contributed by atoms with E-state index >= 15 is 0 Å². The molecule has 0 aliphatic carbocycles. The molecule has 0 heterocycles. The summed E-state index contributed by atoms with van der Waals surface area (Å²) in [5.41, 5.74) is 5.23. The second-order valence-corrected chi connectivity index (χ2v) is 10.8. The van der Waals surface area contributed by atoms with Crippen molar-refractivity contribution < 1.29 is 37.6 Å². The molecule has 0 spiro atoms. The number of hydrogen-bond acceptors (Lipinski definition) is 8. The number of phosphoric acid groups is 1. The van der Waals surface area contributed by atoms with Gasteiger partial charge in [-0.15, -0.1) is 0 Å². The third-order valence-corrected chi connectivity index (χ3v) is 6.57. The first-order valence-electron chi connectivity index (χ1n) is 14.4. The standard InChI is InChI=1S/C29H52NO8P/c1-3-4-5-6-7-8-9-10-11-12-13-14-15-16-17-18-19-20-21-22-29(32)38-28(25-35-27(2)31)26-37-39(33,34)36-24-23-30/h7-8,10-11,13-14,28H,3-6,9,12,15-26,30H2,1-2H3,(H,33,34)/b8-7-,11-10-,14-13-. The van der Waals surface area contributed by atoms with Gasteiger partial charge < -0.3 is 20.1 Å². The van der Waals surface area contributed by atoms with Crippen molar-refractivity contribution in [3.05, 3.63) is 36.5 Å². The van der Waals surface area contributed by atoms with Crippen LogP contribution in [0.4, 0.5) is 0 Å². The SMILES string of the molecule is CCCCC/C=C\C/C=C\C/C=C\CCCCCCCCC(=O)OC(COC(C)=O)COP(=O)(O)OCCN. The molecular weight excluding hydrogens is 521 g/mol. The van der Waals surface area contributed by atoms with Gasteiger partial charge in [-0.05, 0) is 44.9 Å². The number of esters is 2. The molecule has 0 saturated heterocycles. The highest BCUT2D eigenvalue weighted by Crippen LogP contribution is 2.43. The first-order valence-corrected chi connectivity index (χ1v) is 15.9. The number of carbonyl (C=O) groups is 2.